The average Bonchev–Trinajstić information content (AvgIpc) is 2.62. The molecule has 138 valence electrons. The van der Waals surface area contributed by atoms with Gasteiger partial charge in [0.25, 0.3) is 0 Å². The van der Waals surface area contributed by atoms with Gasteiger partial charge in [0.2, 0.25) is 5.91 Å². The molecular formula is C21H31NO3. The summed E-state index contributed by atoms with van der Waals surface area (Å²) in [6.07, 6.45) is 7.03. The number of allylic oxidation sites excluding steroid dienone is 2. The molecule has 2 rings (SSSR count). The Morgan fingerprint density at radius 3 is 2.48 bits per heavy atom. The molecule has 0 saturated carbocycles. The smallest absolute Gasteiger partial charge is 0.223 e. The van der Waals surface area contributed by atoms with Gasteiger partial charge in [-0.2, -0.15) is 0 Å². The Kier molecular flexibility index (Phi) is 7.35. The summed E-state index contributed by atoms with van der Waals surface area (Å²) in [6.45, 7) is 9.35. The molecule has 0 aliphatic heterocycles. The summed E-state index contributed by atoms with van der Waals surface area (Å²) in [6, 6.07) is 5.93. The molecular weight excluding hydrogens is 314 g/mol. The number of carbonyl (C=O) groups is 1. The highest BCUT2D eigenvalue weighted by Crippen LogP contribution is 2.33. The zero-order valence-corrected chi connectivity index (χ0v) is 15.9. The third-order valence-corrected chi connectivity index (χ3v) is 4.53. The third-order valence-electron chi connectivity index (χ3n) is 4.53. The van der Waals surface area contributed by atoms with Gasteiger partial charge >= 0.3 is 0 Å². The van der Waals surface area contributed by atoms with E-state index in [0.717, 1.165) is 36.3 Å². The topological polar surface area (TPSA) is 47.6 Å². The van der Waals surface area contributed by atoms with E-state index < -0.39 is 0 Å². The Labute approximate surface area is 151 Å². The van der Waals surface area contributed by atoms with E-state index in [0.29, 0.717) is 13.2 Å². The number of hydrogen-bond donors (Lipinski definition) is 1. The van der Waals surface area contributed by atoms with Gasteiger partial charge in [0, 0.05) is 5.92 Å². The molecule has 1 amide bonds. The van der Waals surface area contributed by atoms with Crippen LogP contribution in [0.15, 0.2) is 30.4 Å². The van der Waals surface area contributed by atoms with E-state index in [1.165, 1.54) is 0 Å². The van der Waals surface area contributed by atoms with Crippen LogP contribution >= 0.6 is 0 Å². The Balaban J connectivity index is 2.19. The minimum absolute atomic E-state index is 0.0340. The lowest BCUT2D eigenvalue weighted by atomic mass is 9.91. The SMILES string of the molecule is CCOc1ccc(C(NC(=O)C2CC=CCC2)C(C)C)cc1OCC. The van der Waals surface area contributed by atoms with E-state index >= 15 is 0 Å². The Morgan fingerprint density at radius 1 is 1.16 bits per heavy atom. The van der Waals surface area contributed by atoms with Crippen LogP contribution in [0.1, 0.15) is 58.6 Å². The van der Waals surface area contributed by atoms with Crippen molar-refractivity contribution in [3.63, 3.8) is 0 Å². The van der Waals surface area contributed by atoms with Gasteiger partial charge in [0.05, 0.1) is 19.3 Å². The number of nitrogens with one attached hydrogen (secondary N) is 1. The number of amides is 1. The Bertz CT molecular complexity index is 595. The van der Waals surface area contributed by atoms with Crippen LogP contribution in [-0.4, -0.2) is 19.1 Å². The molecule has 0 heterocycles. The molecule has 1 aliphatic rings. The zero-order chi connectivity index (χ0) is 18.2. The third kappa shape index (κ3) is 5.25. The van der Waals surface area contributed by atoms with E-state index in [1.54, 1.807) is 0 Å². The summed E-state index contributed by atoms with van der Waals surface area (Å²) < 4.78 is 11.4. The molecule has 2 atom stereocenters. The molecule has 1 N–H and O–H groups in total. The molecule has 1 aliphatic carbocycles. The maximum Gasteiger partial charge on any atom is 0.223 e. The highest BCUT2D eigenvalue weighted by molar-refractivity contribution is 5.79. The van der Waals surface area contributed by atoms with Crippen LogP contribution in [-0.2, 0) is 4.79 Å². The lowest BCUT2D eigenvalue weighted by molar-refractivity contribution is -0.126. The summed E-state index contributed by atoms with van der Waals surface area (Å²) in [5, 5.41) is 3.25. The van der Waals surface area contributed by atoms with Crippen molar-refractivity contribution in [1.29, 1.82) is 0 Å². The Morgan fingerprint density at radius 2 is 1.88 bits per heavy atom. The fourth-order valence-corrected chi connectivity index (χ4v) is 3.20. The highest BCUT2D eigenvalue weighted by atomic mass is 16.5. The van der Waals surface area contributed by atoms with Crippen molar-refractivity contribution in [2.24, 2.45) is 11.8 Å². The van der Waals surface area contributed by atoms with Gasteiger partial charge in [-0.05, 0) is 56.7 Å². The van der Waals surface area contributed by atoms with E-state index in [2.05, 4.69) is 31.3 Å². The summed E-state index contributed by atoms with van der Waals surface area (Å²) in [7, 11) is 0. The average molecular weight is 345 g/mol. The second-order valence-electron chi connectivity index (χ2n) is 6.78. The predicted octanol–water partition coefficient (Wildman–Crippen LogP) is 4.65. The van der Waals surface area contributed by atoms with Crippen LogP contribution in [0, 0.1) is 11.8 Å². The number of carbonyl (C=O) groups excluding carboxylic acids is 1. The lowest BCUT2D eigenvalue weighted by Crippen LogP contribution is -2.36. The van der Waals surface area contributed by atoms with Crippen molar-refractivity contribution >= 4 is 5.91 Å². The standard InChI is InChI=1S/C21H31NO3/c1-5-24-18-13-12-17(14-19(18)25-6-2)20(15(3)4)22-21(23)16-10-8-7-9-11-16/h7-8,12-16,20H,5-6,9-11H2,1-4H3,(H,22,23). The molecule has 0 aromatic heterocycles. The first kappa shape index (κ1) is 19.4. The molecule has 4 nitrogen and oxygen atoms in total. The minimum atomic E-state index is -0.0340. The summed E-state index contributed by atoms with van der Waals surface area (Å²) in [4.78, 5) is 12.7. The van der Waals surface area contributed by atoms with Gasteiger partial charge in [-0.1, -0.05) is 32.1 Å². The van der Waals surface area contributed by atoms with E-state index in [4.69, 9.17) is 9.47 Å². The largest absolute Gasteiger partial charge is 0.490 e. The normalized spacial score (nSPS) is 18.0. The molecule has 25 heavy (non-hydrogen) atoms. The molecule has 0 bridgehead atoms. The van der Waals surface area contributed by atoms with Gasteiger partial charge in [0.15, 0.2) is 11.5 Å². The van der Waals surface area contributed by atoms with Crippen LogP contribution in [0.25, 0.3) is 0 Å². The molecule has 1 aromatic rings. The first-order valence-electron chi connectivity index (χ1n) is 9.41. The summed E-state index contributed by atoms with van der Waals surface area (Å²) in [5.41, 5.74) is 1.06. The second-order valence-corrected chi connectivity index (χ2v) is 6.78. The van der Waals surface area contributed by atoms with Crippen LogP contribution < -0.4 is 14.8 Å². The van der Waals surface area contributed by atoms with Crippen LogP contribution in [0.3, 0.4) is 0 Å². The van der Waals surface area contributed by atoms with E-state index in [1.807, 2.05) is 32.0 Å². The van der Waals surface area contributed by atoms with Gasteiger partial charge in [-0.25, -0.2) is 0 Å². The molecule has 2 unspecified atom stereocenters. The molecule has 0 radical (unpaired) electrons. The fourth-order valence-electron chi connectivity index (χ4n) is 3.20. The van der Waals surface area contributed by atoms with Crippen molar-refractivity contribution in [3.8, 4) is 11.5 Å². The van der Waals surface area contributed by atoms with Crippen molar-refractivity contribution < 1.29 is 14.3 Å². The quantitative estimate of drug-likeness (QED) is 0.698. The predicted molar refractivity (Wildman–Crippen MR) is 101 cm³/mol. The number of ether oxygens (including phenoxy) is 2. The second kappa shape index (κ2) is 9.50. The molecule has 1 aromatic carbocycles. The minimum Gasteiger partial charge on any atom is -0.490 e. The first-order chi connectivity index (χ1) is 12.1. The van der Waals surface area contributed by atoms with E-state index in [9.17, 15) is 4.79 Å². The summed E-state index contributed by atoms with van der Waals surface area (Å²) in [5.74, 6) is 2.01. The molecule has 0 fully saturated rings. The summed E-state index contributed by atoms with van der Waals surface area (Å²) >= 11 is 0. The molecule has 4 heteroatoms. The van der Waals surface area contributed by atoms with Gasteiger partial charge in [-0.3, -0.25) is 4.79 Å². The van der Waals surface area contributed by atoms with Crippen molar-refractivity contribution in [1.82, 2.24) is 5.32 Å². The molecule has 0 spiro atoms. The van der Waals surface area contributed by atoms with E-state index in [-0.39, 0.29) is 23.8 Å². The van der Waals surface area contributed by atoms with Crippen molar-refractivity contribution in [3.05, 3.63) is 35.9 Å². The highest BCUT2D eigenvalue weighted by Gasteiger charge is 2.25. The number of hydrogen-bond acceptors (Lipinski definition) is 3. The monoisotopic (exact) mass is 345 g/mol. The van der Waals surface area contributed by atoms with Crippen LogP contribution in [0.4, 0.5) is 0 Å². The maximum atomic E-state index is 12.7. The van der Waals surface area contributed by atoms with Crippen LogP contribution in [0.2, 0.25) is 0 Å². The van der Waals surface area contributed by atoms with Crippen molar-refractivity contribution in [2.75, 3.05) is 13.2 Å². The van der Waals surface area contributed by atoms with Gasteiger partial charge in [-0.15, -0.1) is 0 Å². The van der Waals surface area contributed by atoms with Crippen molar-refractivity contribution in [2.45, 2.75) is 53.0 Å². The zero-order valence-electron chi connectivity index (χ0n) is 15.9. The number of rotatable bonds is 8. The van der Waals surface area contributed by atoms with Gasteiger partial charge in [0.1, 0.15) is 0 Å². The lowest BCUT2D eigenvalue weighted by Gasteiger charge is -2.27. The maximum absolute atomic E-state index is 12.7. The fraction of sp³-hybridized carbons (Fsp3) is 0.571. The number of benzene rings is 1. The Hall–Kier alpha value is -1.97. The van der Waals surface area contributed by atoms with Gasteiger partial charge < -0.3 is 14.8 Å². The first-order valence-corrected chi connectivity index (χ1v) is 9.41. The molecule has 0 saturated heterocycles. The van der Waals surface area contributed by atoms with Crippen LogP contribution in [0.5, 0.6) is 11.5 Å².